The van der Waals surface area contributed by atoms with Crippen molar-refractivity contribution in [3.8, 4) is 42.5 Å². The van der Waals surface area contributed by atoms with Crippen LogP contribution >= 0.6 is 45.3 Å². The summed E-state index contributed by atoms with van der Waals surface area (Å²) in [5.74, 6) is 3.10. The zero-order valence-corrected chi connectivity index (χ0v) is 41.2. The van der Waals surface area contributed by atoms with Crippen LogP contribution in [0.15, 0.2) is 21.7 Å². The Labute approximate surface area is 382 Å². The molecule has 0 unspecified atom stereocenters. The lowest BCUT2D eigenvalue weighted by Crippen LogP contribution is -2.26. The standard InChI is InChI=1S/C52H62O6S4/c1-9-11-13-15-17-19-21-31-29(3)59-45-35-23-34-36(24-33(35)39(53)37(31)45)46-38(40(34)54)32(22-20-18-16-14-12-10-2)47(61-46)48-43-44(58-28-52(7,8)27-57-43)50(62-48)49-42-41(30(4)60-49)55-25-51(5,6)26-56-42/h23-24H,9-22,25-28H2,1-8H3. The summed E-state index contributed by atoms with van der Waals surface area (Å²) in [4.78, 5) is 35.8. The first-order valence-electron chi connectivity index (χ1n) is 23.2. The number of aryl methyl sites for hydroxylation is 4. The van der Waals surface area contributed by atoms with Gasteiger partial charge in [-0.25, -0.2) is 0 Å². The summed E-state index contributed by atoms with van der Waals surface area (Å²) in [6.45, 7) is 19.6. The number of benzene rings is 1. The average molecular weight is 911 g/mol. The fourth-order valence-corrected chi connectivity index (χ4v) is 14.6. The Balaban J connectivity index is 1.20. The number of hydrogen-bond donors (Lipinski definition) is 0. The molecule has 4 aromatic heterocycles. The molecular formula is C52H62O6S4. The van der Waals surface area contributed by atoms with Crippen molar-refractivity contribution < 1.29 is 18.9 Å². The first-order chi connectivity index (χ1) is 29.8. The third-order valence-corrected chi connectivity index (χ3v) is 18.0. The largest absolute Gasteiger partial charge is 0.488 e. The van der Waals surface area contributed by atoms with Crippen LogP contribution in [-0.4, -0.2) is 26.4 Å². The van der Waals surface area contributed by atoms with E-state index in [9.17, 15) is 9.59 Å². The van der Waals surface area contributed by atoms with Crippen LogP contribution in [0.4, 0.5) is 0 Å². The quantitative estimate of drug-likeness (QED) is 0.0900. The second kappa shape index (κ2) is 17.5. The molecule has 0 bridgehead atoms. The molecule has 62 heavy (non-hydrogen) atoms. The van der Waals surface area contributed by atoms with Crippen LogP contribution in [0.25, 0.3) is 61.2 Å². The van der Waals surface area contributed by atoms with Crippen LogP contribution in [0.5, 0.6) is 23.0 Å². The molecule has 0 saturated heterocycles. The zero-order chi connectivity index (χ0) is 43.5. The summed E-state index contributed by atoms with van der Waals surface area (Å²) in [5, 5.41) is 5.01. The van der Waals surface area contributed by atoms with Gasteiger partial charge in [0.25, 0.3) is 0 Å². The van der Waals surface area contributed by atoms with Crippen LogP contribution < -0.4 is 29.8 Å². The second-order valence-corrected chi connectivity index (χ2v) is 24.1. The Morgan fingerprint density at radius 3 is 1.44 bits per heavy atom. The molecule has 0 amide bonds. The minimum Gasteiger partial charge on any atom is -0.488 e. The van der Waals surface area contributed by atoms with Crippen LogP contribution in [0.1, 0.15) is 139 Å². The fraction of sp³-hybridized carbons (Fsp3) is 0.538. The Bertz CT molecular complexity index is 2870. The molecule has 9 rings (SSSR count). The minimum absolute atomic E-state index is 0.0799. The minimum atomic E-state index is -0.202. The lowest BCUT2D eigenvalue weighted by molar-refractivity contribution is 0.139. The molecule has 0 N–H and O–H groups in total. The smallest absolute Gasteiger partial charge is 0.195 e. The van der Waals surface area contributed by atoms with Crippen molar-refractivity contribution >= 4 is 87.1 Å². The van der Waals surface area contributed by atoms with Crippen molar-refractivity contribution in [3.63, 3.8) is 0 Å². The molecule has 6 nitrogen and oxygen atoms in total. The van der Waals surface area contributed by atoms with E-state index < -0.39 is 0 Å². The molecule has 2 aliphatic heterocycles. The zero-order valence-electron chi connectivity index (χ0n) is 38.0. The summed E-state index contributed by atoms with van der Waals surface area (Å²) in [6, 6.07) is 4.12. The summed E-state index contributed by atoms with van der Waals surface area (Å²) < 4.78 is 28.7. The van der Waals surface area contributed by atoms with Crippen LogP contribution in [0.2, 0.25) is 0 Å². The molecule has 3 aromatic carbocycles. The van der Waals surface area contributed by atoms with E-state index in [1.807, 2.05) is 0 Å². The Morgan fingerprint density at radius 1 is 0.468 bits per heavy atom. The SMILES string of the molecule is CCCCCCCCc1c(C)sc2c1c(=O)c1cc3c(cc12)c(=O)c1c(CCCCCCCC)c(-c2sc(-c4sc(C)c5c4OCC(C)(C)CO5)c4c2OCC(C)(C)CO4)sc13. The highest BCUT2D eigenvalue weighted by atomic mass is 32.1. The maximum Gasteiger partial charge on any atom is 0.195 e. The average Bonchev–Trinajstić information content (AvgIpc) is 4.02. The van der Waals surface area contributed by atoms with Crippen LogP contribution in [0.3, 0.4) is 0 Å². The van der Waals surface area contributed by atoms with Crippen molar-refractivity contribution in [2.45, 2.75) is 145 Å². The van der Waals surface area contributed by atoms with Crippen LogP contribution in [0, 0.1) is 24.7 Å². The van der Waals surface area contributed by atoms with Crippen molar-refractivity contribution in [1.82, 2.24) is 0 Å². The Hall–Kier alpha value is -3.44. The predicted molar refractivity (Wildman–Crippen MR) is 267 cm³/mol. The fourth-order valence-electron chi connectivity index (χ4n) is 9.48. The highest BCUT2D eigenvalue weighted by Gasteiger charge is 2.38. The summed E-state index contributed by atoms with van der Waals surface area (Å²) in [6.07, 6.45) is 16.1. The molecular weight excluding hydrogens is 849 g/mol. The lowest BCUT2D eigenvalue weighted by atomic mass is 9.96. The highest BCUT2D eigenvalue weighted by molar-refractivity contribution is 7.29. The first-order valence-corrected chi connectivity index (χ1v) is 26.5. The Morgan fingerprint density at radius 2 is 0.887 bits per heavy atom. The number of ether oxygens (including phenoxy) is 4. The molecule has 0 aliphatic carbocycles. The molecule has 10 heteroatoms. The van der Waals surface area contributed by atoms with Gasteiger partial charge in [0.05, 0.1) is 45.9 Å². The van der Waals surface area contributed by atoms with Crippen LogP contribution in [-0.2, 0) is 12.8 Å². The molecule has 0 atom stereocenters. The van der Waals surface area contributed by atoms with E-state index in [2.05, 4.69) is 67.5 Å². The van der Waals surface area contributed by atoms with E-state index in [1.54, 1.807) is 45.3 Å². The molecule has 0 fully saturated rings. The van der Waals surface area contributed by atoms with E-state index in [0.717, 1.165) is 127 Å². The normalized spacial score (nSPS) is 16.0. The molecule has 0 radical (unpaired) electrons. The number of fused-ring (bicyclic) bond motifs is 8. The van der Waals surface area contributed by atoms with E-state index in [1.165, 1.54) is 68.2 Å². The third kappa shape index (κ3) is 7.91. The Kier molecular flexibility index (Phi) is 12.4. The topological polar surface area (TPSA) is 71.1 Å². The number of rotatable bonds is 16. The van der Waals surface area contributed by atoms with Gasteiger partial charge >= 0.3 is 0 Å². The van der Waals surface area contributed by atoms with Gasteiger partial charge in [-0.05, 0) is 62.8 Å². The van der Waals surface area contributed by atoms with Gasteiger partial charge in [0.1, 0.15) is 0 Å². The first kappa shape index (κ1) is 43.8. The van der Waals surface area contributed by atoms with Gasteiger partial charge in [0.15, 0.2) is 33.9 Å². The summed E-state index contributed by atoms with van der Waals surface area (Å²) in [5.41, 5.74) is 2.19. The van der Waals surface area contributed by atoms with E-state index >= 15 is 0 Å². The summed E-state index contributed by atoms with van der Waals surface area (Å²) >= 11 is 6.80. The lowest BCUT2D eigenvalue weighted by Gasteiger charge is -2.20. The van der Waals surface area contributed by atoms with Crippen molar-refractivity contribution in [2.75, 3.05) is 26.4 Å². The molecule has 2 aliphatic rings. The highest BCUT2D eigenvalue weighted by Crippen LogP contribution is 2.61. The molecule has 0 spiro atoms. The summed E-state index contributed by atoms with van der Waals surface area (Å²) in [7, 11) is 0. The van der Waals surface area contributed by atoms with Gasteiger partial charge in [-0.15, -0.1) is 45.3 Å². The van der Waals surface area contributed by atoms with Crippen molar-refractivity contribution in [3.05, 3.63) is 53.5 Å². The van der Waals surface area contributed by atoms with Gasteiger partial charge in [-0.3, -0.25) is 9.59 Å². The third-order valence-electron chi connectivity index (χ3n) is 13.0. The second-order valence-electron chi connectivity index (χ2n) is 19.6. The van der Waals surface area contributed by atoms with E-state index in [0.29, 0.717) is 26.4 Å². The molecule has 0 saturated carbocycles. The van der Waals surface area contributed by atoms with Gasteiger partial charge < -0.3 is 18.9 Å². The van der Waals surface area contributed by atoms with Crippen molar-refractivity contribution in [2.24, 2.45) is 10.8 Å². The van der Waals surface area contributed by atoms with E-state index in [-0.39, 0.29) is 21.7 Å². The van der Waals surface area contributed by atoms with E-state index in [4.69, 9.17) is 18.9 Å². The van der Waals surface area contributed by atoms with Gasteiger partial charge in [-0.2, -0.15) is 0 Å². The predicted octanol–water partition coefficient (Wildman–Crippen LogP) is 15.5. The van der Waals surface area contributed by atoms with Gasteiger partial charge in [-0.1, -0.05) is 106 Å². The monoisotopic (exact) mass is 910 g/mol. The molecule has 7 aromatic rings. The molecule has 330 valence electrons. The van der Waals surface area contributed by atoms with Gasteiger partial charge in [0, 0.05) is 62.3 Å². The maximum atomic E-state index is 15.0. The number of hydrogen-bond acceptors (Lipinski definition) is 10. The number of unbranched alkanes of at least 4 members (excludes halogenated alkanes) is 10. The number of thiophene rings is 4. The molecule has 6 heterocycles. The maximum absolute atomic E-state index is 15.0. The van der Waals surface area contributed by atoms with Crippen molar-refractivity contribution in [1.29, 1.82) is 0 Å². The van der Waals surface area contributed by atoms with Gasteiger partial charge in [0.2, 0.25) is 0 Å².